The van der Waals surface area contributed by atoms with E-state index in [2.05, 4.69) is 20.7 Å². The molecule has 2 aromatic heterocycles. The van der Waals surface area contributed by atoms with Crippen LogP contribution in [0.4, 0.5) is 5.82 Å². The zero-order valence-electron chi connectivity index (χ0n) is 8.21. The maximum atomic E-state index is 4.89. The molecule has 5 heteroatoms. The molecule has 15 heavy (non-hydrogen) atoms. The first-order chi connectivity index (χ1) is 7.36. The number of nitrogens with zero attached hydrogens (tertiary/aromatic N) is 3. The number of hydrogen-bond donors (Lipinski definition) is 1. The molecular weight excluding hydrogens is 192 g/mol. The van der Waals surface area contributed by atoms with Crippen LogP contribution in [0.3, 0.4) is 0 Å². The highest BCUT2D eigenvalue weighted by Crippen LogP contribution is 2.07. The van der Waals surface area contributed by atoms with E-state index in [4.69, 9.17) is 4.42 Å². The predicted molar refractivity (Wildman–Crippen MR) is 56.7 cm³/mol. The van der Waals surface area contributed by atoms with Crippen LogP contribution in [0.15, 0.2) is 40.4 Å². The first-order valence-electron chi connectivity index (χ1n) is 4.46. The number of hydrazone groups is 1. The van der Waals surface area contributed by atoms with E-state index in [0.717, 1.165) is 11.1 Å². The van der Waals surface area contributed by atoms with Gasteiger partial charge in [-0.15, -0.1) is 5.10 Å². The van der Waals surface area contributed by atoms with E-state index in [1.165, 1.54) is 0 Å². The van der Waals surface area contributed by atoms with Crippen LogP contribution in [0.2, 0.25) is 0 Å². The molecule has 0 saturated heterocycles. The average molecular weight is 202 g/mol. The molecule has 0 unspecified atom stereocenters. The summed E-state index contributed by atoms with van der Waals surface area (Å²) >= 11 is 0. The Labute approximate surface area is 86.8 Å². The van der Waals surface area contributed by atoms with Crippen molar-refractivity contribution in [1.82, 2.24) is 10.2 Å². The molecule has 1 N–H and O–H groups in total. The smallest absolute Gasteiger partial charge is 0.171 e. The van der Waals surface area contributed by atoms with E-state index in [-0.39, 0.29) is 0 Å². The molecule has 0 aromatic carbocycles. The van der Waals surface area contributed by atoms with Gasteiger partial charge in [0.1, 0.15) is 0 Å². The highest BCUT2D eigenvalue weighted by Gasteiger charge is 1.95. The topological polar surface area (TPSA) is 63.3 Å². The van der Waals surface area contributed by atoms with Crippen LogP contribution < -0.4 is 5.43 Å². The molecule has 0 aliphatic rings. The van der Waals surface area contributed by atoms with Gasteiger partial charge in [-0.2, -0.15) is 10.2 Å². The summed E-state index contributed by atoms with van der Waals surface area (Å²) in [5.41, 5.74) is 4.69. The van der Waals surface area contributed by atoms with Gasteiger partial charge in [0.25, 0.3) is 0 Å². The van der Waals surface area contributed by atoms with Crippen molar-refractivity contribution >= 4 is 12.0 Å². The van der Waals surface area contributed by atoms with Gasteiger partial charge in [0.15, 0.2) is 5.82 Å². The molecule has 0 fully saturated rings. The number of aryl methyl sites for hydroxylation is 1. The Morgan fingerprint density at radius 2 is 2.40 bits per heavy atom. The van der Waals surface area contributed by atoms with Crippen LogP contribution >= 0.6 is 0 Å². The lowest BCUT2D eigenvalue weighted by atomic mass is 10.3. The summed E-state index contributed by atoms with van der Waals surface area (Å²) in [5.74, 6) is 0.650. The Kier molecular flexibility index (Phi) is 2.73. The molecule has 0 spiro atoms. The van der Waals surface area contributed by atoms with Crippen molar-refractivity contribution in [2.24, 2.45) is 5.10 Å². The molecule has 2 rings (SSSR count). The molecule has 0 aliphatic heterocycles. The standard InChI is InChI=1S/C10H10N4O/c1-8-2-4-11-13-10(8)14-12-6-9-3-5-15-7-9/h2-7H,1H3,(H,13,14)/b12-6+. The van der Waals surface area contributed by atoms with Crippen LogP contribution in [0.25, 0.3) is 0 Å². The summed E-state index contributed by atoms with van der Waals surface area (Å²) in [7, 11) is 0. The maximum absolute atomic E-state index is 4.89. The van der Waals surface area contributed by atoms with Gasteiger partial charge in [0, 0.05) is 5.56 Å². The monoisotopic (exact) mass is 202 g/mol. The first kappa shape index (κ1) is 9.39. The Hall–Kier alpha value is -2.17. The quantitative estimate of drug-likeness (QED) is 0.609. The van der Waals surface area contributed by atoms with Crippen LogP contribution in [0, 0.1) is 6.92 Å². The molecule has 0 saturated carbocycles. The van der Waals surface area contributed by atoms with Gasteiger partial charge >= 0.3 is 0 Å². The normalized spacial score (nSPS) is 10.7. The Morgan fingerprint density at radius 1 is 1.47 bits per heavy atom. The van der Waals surface area contributed by atoms with Gasteiger partial charge < -0.3 is 4.42 Å². The Morgan fingerprint density at radius 3 is 3.13 bits per heavy atom. The number of rotatable bonds is 3. The van der Waals surface area contributed by atoms with Gasteiger partial charge in [-0.05, 0) is 24.6 Å². The minimum atomic E-state index is 0.650. The Bertz CT molecular complexity index is 450. The number of nitrogens with one attached hydrogen (secondary N) is 1. The van der Waals surface area contributed by atoms with Gasteiger partial charge in [-0.3, -0.25) is 5.43 Å². The van der Waals surface area contributed by atoms with Crippen molar-refractivity contribution in [3.63, 3.8) is 0 Å². The average Bonchev–Trinajstić information content (AvgIpc) is 2.74. The summed E-state index contributed by atoms with van der Waals surface area (Å²) < 4.78 is 4.89. The van der Waals surface area contributed by atoms with E-state index < -0.39 is 0 Å². The minimum absolute atomic E-state index is 0.650. The minimum Gasteiger partial charge on any atom is -0.472 e. The zero-order valence-corrected chi connectivity index (χ0v) is 8.21. The van der Waals surface area contributed by atoms with Crippen LogP contribution in [0.5, 0.6) is 0 Å². The number of furan rings is 1. The van der Waals surface area contributed by atoms with E-state index in [1.807, 2.05) is 19.1 Å². The summed E-state index contributed by atoms with van der Waals surface area (Å²) in [6, 6.07) is 3.68. The molecule has 2 heterocycles. The van der Waals surface area contributed by atoms with Crippen molar-refractivity contribution in [3.05, 3.63) is 42.0 Å². The summed E-state index contributed by atoms with van der Waals surface area (Å²) in [6.45, 7) is 1.93. The second-order valence-electron chi connectivity index (χ2n) is 2.99. The Balaban J connectivity index is 2.02. The van der Waals surface area contributed by atoms with Crippen LogP contribution in [-0.4, -0.2) is 16.4 Å². The van der Waals surface area contributed by atoms with Crippen molar-refractivity contribution in [1.29, 1.82) is 0 Å². The zero-order chi connectivity index (χ0) is 10.5. The third-order valence-electron chi connectivity index (χ3n) is 1.85. The molecule has 0 bridgehead atoms. The second kappa shape index (κ2) is 4.36. The lowest BCUT2D eigenvalue weighted by Crippen LogP contribution is -1.97. The molecule has 0 aliphatic carbocycles. The summed E-state index contributed by atoms with van der Waals surface area (Å²) in [4.78, 5) is 0. The van der Waals surface area contributed by atoms with Crippen molar-refractivity contribution in [3.8, 4) is 0 Å². The maximum Gasteiger partial charge on any atom is 0.171 e. The second-order valence-corrected chi connectivity index (χ2v) is 2.99. The lowest BCUT2D eigenvalue weighted by molar-refractivity contribution is 0.567. The molecule has 76 valence electrons. The van der Waals surface area contributed by atoms with E-state index in [0.29, 0.717) is 5.82 Å². The fourth-order valence-electron chi connectivity index (χ4n) is 1.02. The highest BCUT2D eigenvalue weighted by atomic mass is 16.3. The lowest BCUT2D eigenvalue weighted by Gasteiger charge is -1.99. The predicted octanol–water partition coefficient (Wildman–Crippen LogP) is 1.82. The van der Waals surface area contributed by atoms with Crippen LogP contribution in [-0.2, 0) is 0 Å². The highest BCUT2D eigenvalue weighted by molar-refractivity contribution is 5.79. The molecule has 5 nitrogen and oxygen atoms in total. The number of hydrogen-bond acceptors (Lipinski definition) is 5. The van der Waals surface area contributed by atoms with Crippen molar-refractivity contribution < 1.29 is 4.42 Å². The largest absolute Gasteiger partial charge is 0.472 e. The van der Waals surface area contributed by atoms with Gasteiger partial charge in [0.05, 0.1) is 24.9 Å². The van der Waals surface area contributed by atoms with E-state index in [1.54, 1.807) is 24.9 Å². The molecular formula is C10H10N4O. The van der Waals surface area contributed by atoms with Gasteiger partial charge in [0.2, 0.25) is 0 Å². The molecule has 2 aromatic rings. The van der Waals surface area contributed by atoms with E-state index in [9.17, 15) is 0 Å². The van der Waals surface area contributed by atoms with Gasteiger partial charge in [-0.25, -0.2) is 0 Å². The summed E-state index contributed by atoms with van der Waals surface area (Å²) in [5, 5.41) is 11.7. The number of anilines is 1. The molecule has 0 amide bonds. The van der Waals surface area contributed by atoms with E-state index >= 15 is 0 Å². The molecule has 0 atom stereocenters. The van der Waals surface area contributed by atoms with Crippen molar-refractivity contribution in [2.75, 3.05) is 5.43 Å². The fourth-order valence-corrected chi connectivity index (χ4v) is 1.02. The fraction of sp³-hybridized carbons (Fsp3) is 0.100. The number of aromatic nitrogens is 2. The van der Waals surface area contributed by atoms with Crippen LogP contribution in [0.1, 0.15) is 11.1 Å². The third-order valence-corrected chi connectivity index (χ3v) is 1.85. The van der Waals surface area contributed by atoms with Crippen molar-refractivity contribution in [2.45, 2.75) is 6.92 Å². The SMILES string of the molecule is Cc1ccnnc1N/N=C/c1ccoc1. The summed E-state index contributed by atoms with van der Waals surface area (Å²) in [6.07, 6.45) is 6.49. The first-order valence-corrected chi connectivity index (χ1v) is 4.46. The van der Waals surface area contributed by atoms with Gasteiger partial charge in [-0.1, -0.05) is 0 Å². The molecule has 0 radical (unpaired) electrons. The third kappa shape index (κ3) is 2.40.